The minimum absolute atomic E-state index is 0.0677. The van der Waals surface area contributed by atoms with Gasteiger partial charge in [-0.25, -0.2) is 0 Å². The van der Waals surface area contributed by atoms with Crippen molar-refractivity contribution in [2.45, 2.75) is 78.4 Å². The first-order valence-electron chi connectivity index (χ1n) is 10.5. The zero-order valence-electron chi connectivity index (χ0n) is 18.3. The molecule has 2 heterocycles. The van der Waals surface area contributed by atoms with E-state index < -0.39 is 0 Å². The number of nitrogens with zero attached hydrogens (tertiary/aromatic N) is 1. The minimum Gasteiger partial charge on any atom is -0.618 e. The predicted octanol–water partition coefficient (Wildman–Crippen LogP) is 5.66. The van der Waals surface area contributed by atoms with Crippen molar-refractivity contribution in [3.05, 3.63) is 64.0 Å². The lowest BCUT2D eigenvalue weighted by molar-refractivity contribution is -0.584. The number of pyridine rings is 1. The van der Waals surface area contributed by atoms with Gasteiger partial charge in [-0.3, -0.25) is 0 Å². The number of rotatable bonds is 8. The molecule has 0 saturated carbocycles. The molecule has 29 heavy (non-hydrogen) atoms. The van der Waals surface area contributed by atoms with Crippen molar-refractivity contribution < 1.29 is 14.6 Å². The molecule has 0 radical (unpaired) electrons. The van der Waals surface area contributed by atoms with Crippen LogP contribution in [0.15, 0.2) is 47.6 Å². The molecule has 4 nitrogen and oxygen atoms in total. The van der Waals surface area contributed by atoms with Crippen molar-refractivity contribution in [3.63, 3.8) is 0 Å². The lowest BCUT2D eigenvalue weighted by atomic mass is 9.93. The lowest BCUT2D eigenvalue weighted by Gasteiger charge is -2.12. The van der Waals surface area contributed by atoms with Crippen LogP contribution in [0.2, 0.25) is 0 Å². The van der Waals surface area contributed by atoms with Crippen LogP contribution in [0.25, 0.3) is 10.9 Å². The number of aromatic hydroxyl groups is 1. The zero-order chi connectivity index (χ0) is 21.2. The third-order valence-corrected chi connectivity index (χ3v) is 6.03. The SMILES string of the molecule is CC(C)=CCC/C(C)=C/CCC1(C)OC1Cc1c(O)c(C)[n+]([O-])c2ccccc12. The van der Waals surface area contributed by atoms with Gasteiger partial charge in [-0.15, -0.1) is 0 Å². The molecule has 0 spiro atoms. The van der Waals surface area contributed by atoms with Crippen LogP contribution in [-0.2, 0) is 11.2 Å². The van der Waals surface area contributed by atoms with Gasteiger partial charge in [-0.2, -0.15) is 4.73 Å². The van der Waals surface area contributed by atoms with Gasteiger partial charge in [-0.05, 0) is 59.4 Å². The fourth-order valence-electron chi connectivity index (χ4n) is 3.98. The van der Waals surface area contributed by atoms with Gasteiger partial charge >= 0.3 is 0 Å². The van der Waals surface area contributed by atoms with Gasteiger partial charge < -0.3 is 15.1 Å². The minimum atomic E-state index is -0.165. The molecule has 0 aliphatic carbocycles. The molecule has 1 saturated heterocycles. The third kappa shape index (κ3) is 4.81. The molecular formula is C25H33NO3. The number of epoxide rings is 1. The van der Waals surface area contributed by atoms with Crippen LogP contribution in [0.5, 0.6) is 5.75 Å². The van der Waals surface area contributed by atoms with Gasteiger partial charge in [0.25, 0.3) is 0 Å². The average molecular weight is 396 g/mol. The molecule has 1 N–H and O–H groups in total. The quantitative estimate of drug-likeness (QED) is 0.271. The van der Waals surface area contributed by atoms with Crippen molar-refractivity contribution >= 4 is 10.9 Å². The van der Waals surface area contributed by atoms with E-state index in [0.29, 0.717) is 17.6 Å². The van der Waals surface area contributed by atoms with Crippen LogP contribution < -0.4 is 4.73 Å². The van der Waals surface area contributed by atoms with Crippen molar-refractivity contribution in [1.29, 1.82) is 0 Å². The summed E-state index contributed by atoms with van der Waals surface area (Å²) in [5.74, 6) is 0.0894. The van der Waals surface area contributed by atoms with E-state index in [1.54, 1.807) is 13.0 Å². The molecule has 2 aromatic rings. The Balaban J connectivity index is 1.64. The number of ether oxygens (including phenoxy) is 1. The molecule has 1 fully saturated rings. The van der Waals surface area contributed by atoms with Gasteiger partial charge in [0.05, 0.1) is 17.1 Å². The molecule has 0 amide bonds. The second kappa shape index (κ2) is 8.58. The molecule has 0 bridgehead atoms. The monoisotopic (exact) mass is 395 g/mol. The summed E-state index contributed by atoms with van der Waals surface area (Å²) in [6.45, 7) is 10.3. The third-order valence-electron chi connectivity index (χ3n) is 6.03. The van der Waals surface area contributed by atoms with E-state index in [1.807, 2.05) is 18.2 Å². The van der Waals surface area contributed by atoms with E-state index in [2.05, 4.69) is 39.8 Å². The highest BCUT2D eigenvalue weighted by atomic mass is 16.6. The fourth-order valence-corrected chi connectivity index (χ4v) is 3.98. The van der Waals surface area contributed by atoms with Crippen LogP contribution in [0.3, 0.4) is 0 Å². The Morgan fingerprint density at radius 3 is 2.66 bits per heavy atom. The molecule has 3 rings (SSSR count). The van der Waals surface area contributed by atoms with E-state index in [-0.39, 0.29) is 17.5 Å². The Morgan fingerprint density at radius 1 is 1.21 bits per heavy atom. The number of hydrogen-bond donors (Lipinski definition) is 1. The van der Waals surface area contributed by atoms with Crippen molar-refractivity contribution in [2.24, 2.45) is 0 Å². The van der Waals surface area contributed by atoms with Crippen LogP contribution in [0, 0.1) is 12.1 Å². The highest BCUT2D eigenvalue weighted by Gasteiger charge is 2.51. The highest BCUT2D eigenvalue weighted by Crippen LogP contribution is 2.44. The van der Waals surface area contributed by atoms with Crippen LogP contribution in [0.1, 0.15) is 64.6 Å². The Morgan fingerprint density at radius 2 is 1.93 bits per heavy atom. The first kappa shape index (κ1) is 21.4. The molecular weight excluding hydrogens is 362 g/mol. The molecule has 1 aliphatic rings. The fraction of sp³-hybridized carbons (Fsp3) is 0.480. The van der Waals surface area contributed by atoms with Gasteiger partial charge in [0.15, 0.2) is 5.75 Å². The summed E-state index contributed by atoms with van der Waals surface area (Å²) in [4.78, 5) is 0. The van der Waals surface area contributed by atoms with Gasteiger partial charge in [-0.1, -0.05) is 35.4 Å². The van der Waals surface area contributed by atoms with E-state index >= 15 is 0 Å². The highest BCUT2D eigenvalue weighted by molar-refractivity contribution is 5.82. The van der Waals surface area contributed by atoms with E-state index in [4.69, 9.17) is 4.74 Å². The van der Waals surface area contributed by atoms with Crippen molar-refractivity contribution in [1.82, 2.24) is 0 Å². The summed E-state index contributed by atoms with van der Waals surface area (Å²) in [6, 6.07) is 7.45. The molecule has 1 aliphatic heterocycles. The standard InChI is InChI=1S/C25H33NO3/c1-17(2)10-8-11-18(3)12-9-15-25(5)23(29-25)16-21-20-13-6-7-14-22(20)26(28)19(4)24(21)27/h6-7,10,12-14,23,27H,8-9,11,15-16H2,1-5H3/b18-12+. The Labute approximate surface area is 174 Å². The normalized spacial score (nSPS) is 21.4. The average Bonchev–Trinajstić information content (AvgIpc) is 3.32. The van der Waals surface area contributed by atoms with Gasteiger partial charge in [0, 0.05) is 25.0 Å². The Hall–Kier alpha value is -2.33. The summed E-state index contributed by atoms with van der Waals surface area (Å²) in [7, 11) is 0. The molecule has 1 aromatic carbocycles. The Bertz CT molecular complexity index is 956. The van der Waals surface area contributed by atoms with Crippen molar-refractivity contribution in [2.75, 3.05) is 0 Å². The molecule has 4 heteroatoms. The number of benzene rings is 1. The largest absolute Gasteiger partial charge is 0.618 e. The van der Waals surface area contributed by atoms with Crippen molar-refractivity contribution in [3.8, 4) is 5.75 Å². The maximum Gasteiger partial charge on any atom is 0.232 e. The second-order valence-electron chi connectivity index (χ2n) is 8.76. The van der Waals surface area contributed by atoms with Crippen LogP contribution in [0.4, 0.5) is 0 Å². The van der Waals surface area contributed by atoms with E-state index in [1.165, 1.54) is 11.1 Å². The number of fused-ring (bicyclic) bond motifs is 1. The lowest BCUT2D eigenvalue weighted by Crippen LogP contribution is -2.31. The number of allylic oxidation sites excluding steroid dienone is 4. The predicted molar refractivity (Wildman–Crippen MR) is 118 cm³/mol. The van der Waals surface area contributed by atoms with Gasteiger partial charge in [0.1, 0.15) is 0 Å². The van der Waals surface area contributed by atoms with Gasteiger partial charge in [0.2, 0.25) is 11.2 Å². The second-order valence-corrected chi connectivity index (χ2v) is 8.76. The molecule has 2 unspecified atom stereocenters. The topological polar surface area (TPSA) is 59.7 Å². The molecule has 2 atom stereocenters. The van der Waals surface area contributed by atoms with E-state index in [0.717, 1.165) is 41.4 Å². The number of para-hydroxylation sites is 1. The van der Waals surface area contributed by atoms with E-state index in [9.17, 15) is 10.3 Å². The van der Waals surface area contributed by atoms with Crippen LogP contribution in [-0.4, -0.2) is 16.8 Å². The summed E-state index contributed by atoms with van der Waals surface area (Å²) < 4.78 is 6.85. The maximum atomic E-state index is 12.4. The number of aromatic nitrogens is 1. The summed E-state index contributed by atoms with van der Waals surface area (Å²) >= 11 is 0. The molecule has 1 aromatic heterocycles. The van der Waals surface area contributed by atoms with Crippen LogP contribution >= 0.6 is 0 Å². The smallest absolute Gasteiger partial charge is 0.232 e. The summed E-state index contributed by atoms with van der Waals surface area (Å²) in [6.07, 6.45) is 9.45. The maximum absolute atomic E-state index is 12.4. The zero-order valence-corrected chi connectivity index (χ0v) is 18.3. The summed E-state index contributed by atoms with van der Waals surface area (Å²) in [5.41, 5.74) is 4.37. The number of hydrogen-bond acceptors (Lipinski definition) is 3. The molecule has 156 valence electrons. The first-order chi connectivity index (χ1) is 13.7. The first-order valence-corrected chi connectivity index (χ1v) is 10.5. The summed E-state index contributed by atoms with van der Waals surface area (Å²) in [5, 5.41) is 23.8. The Kier molecular flexibility index (Phi) is 6.33.